The number of benzene rings is 1. The van der Waals surface area contributed by atoms with Gasteiger partial charge < -0.3 is 10.2 Å². The Labute approximate surface area is 129 Å². The molecule has 1 amide bonds. The first-order valence-electron chi connectivity index (χ1n) is 7.67. The molecule has 0 saturated carbocycles. The standard InChI is InChI=1S/C15H20N6O/c22-15(16-8-11-21-12-17-18-19-21)13-4-6-14(7-5-13)20-9-2-1-3-10-20/h4-7,12H,1-3,8-11H2,(H,16,22). The van der Waals surface area contributed by atoms with Crippen LogP contribution in [-0.4, -0.2) is 45.7 Å². The van der Waals surface area contributed by atoms with Gasteiger partial charge >= 0.3 is 0 Å². The Morgan fingerprint density at radius 1 is 1.14 bits per heavy atom. The minimum atomic E-state index is -0.0710. The number of anilines is 1. The number of hydrogen-bond donors (Lipinski definition) is 1. The summed E-state index contributed by atoms with van der Waals surface area (Å²) >= 11 is 0. The molecule has 1 N–H and O–H groups in total. The molecule has 1 aliphatic rings. The van der Waals surface area contributed by atoms with Crippen LogP contribution in [0.4, 0.5) is 5.69 Å². The molecular formula is C15H20N6O. The fourth-order valence-corrected chi connectivity index (χ4v) is 2.64. The Morgan fingerprint density at radius 3 is 2.59 bits per heavy atom. The highest BCUT2D eigenvalue weighted by atomic mass is 16.1. The zero-order valence-electron chi connectivity index (χ0n) is 12.5. The highest BCUT2D eigenvalue weighted by molar-refractivity contribution is 5.94. The predicted molar refractivity (Wildman–Crippen MR) is 82.7 cm³/mol. The van der Waals surface area contributed by atoms with Crippen LogP contribution in [0.5, 0.6) is 0 Å². The summed E-state index contributed by atoms with van der Waals surface area (Å²) < 4.78 is 1.58. The van der Waals surface area contributed by atoms with Crippen LogP contribution in [0.15, 0.2) is 30.6 Å². The van der Waals surface area contributed by atoms with Gasteiger partial charge in [-0.1, -0.05) is 0 Å². The van der Waals surface area contributed by atoms with E-state index in [0.29, 0.717) is 18.7 Å². The summed E-state index contributed by atoms with van der Waals surface area (Å²) in [6.45, 7) is 3.28. The van der Waals surface area contributed by atoms with Gasteiger partial charge in [-0.05, 0) is 54.0 Å². The van der Waals surface area contributed by atoms with Crippen LogP contribution in [0, 0.1) is 0 Å². The number of aromatic nitrogens is 4. The topological polar surface area (TPSA) is 75.9 Å². The van der Waals surface area contributed by atoms with Crippen molar-refractivity contribution in [1.29, 1.82) is 0 Å². The quantitative estimate of drug-likeness (QED) is 0.894. The zero-order chi connectivity index (χ0) is 15.2. The summed E-state index contributed by atoms with van der Waals surface area (Å²) in [4.78, 5) is 14.5. The summed E-state index contributed by atoms with van der Waals surface area (Å²) in [5.74, 6) is -0.0710. The smallest absolute Gasteiger partial charge is 0.251 e. The summed E-state index contributed by atoms with van der Waals surface area (Å²) in [7, 11) is 0. The molecule has 1 aromatic carbocycles. The van der Waals surface area contributed by atoms with Crippen molar-refractivity contribution in [3.8, 4) is 0 Å². The fraction of sp³-hybridized carbons (Fsp3) is 0.467. The van der Waals surface area contributed by atoms with Crippen LogP contribution in [-0.2, 0) is 6.54 Å². The van der Waals surface area contributed by atoms with Gasteiger partial charge in [0.1, 0.15) is 6.33 Å². The first kappa shape index (κ1) is 14.5. The molecule has 0 spiro atoms. The van der Waals surface area contributed by atoms with Gasteiger partial charge in [0.2, 0.25) is 0 Å². The van der Waals surface area contributed by atoms with Crippen molar-refractivity contribution in [2.75, 3.05) is 24.5 Å². The van der Waals surface area contributed by atoms with Gasteiger partial charge in [0, 0.05) is 30.9 Å². The van der Waals surface area contributed by atoms with E-state index in [1.165, 1.54) is 31.3 Å². The summed E-state index contributed by atoms with van der Waals surface area (Å²) in [6.07, 6.45) is 5.34. The van der Waals surface area contributed by atoms with Gasteiger partial charge in [-0.2, -0.15) is 0 Å². The van der Waals surface area contributed by atoms with E-state index < -0.39 is 0 Å². The number of piperidine rings is 1. The summed E-state index contributed by atoms with van der Waals surface area (Å²) in [5, 5.41) is 13.7. The molecule has 2 heterocycles. The molecule has 0 unspecified atom stereocenters. The molecule has 0 aliphatic carbocycles. The second kappa shape index (κ2) is 7.02. The summed E-state index contributed by atoms with van der Waals surface area (Å²) in [5.41, 5.74) is 1.88. The van der Waals surface area contributed by atoms with Crippen molar-refractivity contribution in [1.82, 2.24) is 25.5 Å². The van der Waals surface area contributed by atoms with Crippen molar-refractivity contribution < 1.29 is 4.79 Å². The normalized spacial score (nSPS) is 14.8. The Balaban J connectivity index is 1.51. The maximum atomic E-state index is 12.1. The van der Waals surface area contributed by atoms with E-state index in [-0.39, 0.29) is 5.91 Å². The Hall–Kier alpha value is -2.44. The van der Waals surface area contributed by atoms with Crippen LogP contribution < -0.4 is 10.2 Å². The van der Waals surface area contributed by atoms with Gasteiger partial charge in [-0.15, -0.1) is 5.10 Å². The molecule has 1 aliphatic heterocycles. The van der Waals surface area contributed by atoms with Crippen LogP contribution >= 0.6 is 0 Å². The van der Waals surface area contributed by atoms with Gasteiger partial charge in [0.05, 0.1) is 6.54 Å². The van der Waals surface area contributed by atoms with Crippen LogP contribution in [0.2, 0.25) is 0 Å². The second-order valence-electron chi connectivity index (χ2n) is 5.42. The van der Waals surface area contributed by atoms with Crippen LogP contribution in [0.1, 0.15) is 29.6 Å². The molecule has 0 bridgehead atoms. The van der Waals surface area contributed by atoms with E-state index in [1.54, 1.807) is 4.68 Å². The zero-order valence-corrected chi connectivity index (χ0v) is 12.5. The van der Waals surface area contributed by atoms with Gasteiger partial charge in [-0.3, -0.25) is 4.79 Å². The molecule has 7 heteroatoms. The molecular weight excluding hydrogens is 280 g/mol. The number of amides is 1. The van der Waals surface area contributed by atoms with E-state index in [2.05, 4.69) is 25.7 Å². The average molecular weight is 300 g/mol. The molecule has 7 nitrogen and oxygen atoms in total. The lowest BCUT2D eigenvalue weighted by atomic mass is 10.1. The van der Waals surface area contributed by atoms with Crippen molar-refractivity contribution in [3.05, 3.63) is 36.2 Å². The minimum Gasteiger partial charge on any atom is -0.372 e. The van der Waals surface area contributed by atoms with Crippen molar-refractivity contribution in [2.24, 2.45) is 0 Å². The van der Waals surface area contributed by atoms with Crippen molar-refractivity contribution in [3.63, 3.8) is 0 Å². The summed E-state index contributed by atoms with van der Waals surface area (Å²) in [6, 6.07) is 7.83. The third-order valence-electron chi connectivity index (χ3n) is 3.87. The minimum absolute atomic E-state index is 0.0710. The third kappa shape index (κ3) is 3.60. The molecule has 1 fully saturated rings. The first-order valence-corrected chi connectivity index (χ1v) is 7.67. The monoisotopic (exact) mass is 300 g/mol. The molecule has 22 heavy (non-hydrogen) atoms. The number of nitrogens with zero attached hydrogens (tertiary/aromatic N) is 5. The number of tetrazole rings is 1. The average Bonchev–Trinajstić information content (AvgIpc) is 3.09. The highest BCUT2D eigenvalue weighted by Gasteiger charge is 2.11. The fourth-order valence-electron chi connectivity index (χ4n) is 2.64. The van der Waals surface area contributed by atoms with Crippen molar-refractivity contribution in [2.45, 2.75) is 25.8 Å². The van der Waals surface area contributed by atoms with Gasteiger partial charge in [0.25, 0.3) is 5.91 Å². The second-order valence-corrected chi connectivity index (χ2v) is 5.42. The number of carbonyl (C=O) groups excluding carboxylic acids is 1. The van der Waals surface area contributed by atoms with E-state index in [9.17, 15) is 4.79 Å². The first-order chi connectivity index (χ1) is 10.8. The predicted octanol–water partition coefficient (Wildman–Crippen LogP) is 1.09. The van der Waals surface area contributed by atoms with Gasteiger partial charge in [0.15, 0.2) is 0 Å². The Morgan fingerprint density at radius 2 is 1.91 bits per heavy atom. The molecule has 2 aromatic rings. The lowest BCUT2D eigenvalue weighted by Gasteiger charge is -2.28. The lowest BCUT2D eigenvalue weighted by Crippen LogP contribution is -2.29. The van der Waals surface area contributed by atoms with E-state index in [4.69, 9.17) is 0 Å². The maximum absolute atomic E-state index is 12.1. The Bertz CT molecular complexity index is 589. The molecule has 1 aromatic heterocycles. The highest BCUT2D eigenvalue weighted by Crippen LogP contribution is 2.20. The Kier molecular flexibility index (Phi) is 4.62. The molecule has 3 rings (SSSR count). The molecule has 0 radical (unpaired) electrons. The van der Waals surface area contributed by atoms with Crippen molar-refractivity contribution >= 4 is 11.6 Å². The van der Waals surface area contributed by atoms with Gasteiger partial charge in [-0.25, -0.2) is 4.68 Å². The van der Waals surface area contributed by atoms with Crippen LogP contribution in [0.3, 0.4) is 0 Å². The van der Waals surface area contributed by atoms with E-state index >= 15 is 0 Å². The molecule has 0 atom stereocenters. The van der Waals surface area contributed by atoms with Crippen LogP contribution in [0.25, 0.3) is 0 Å². The SMILES string of the molecule is O=C(NCCn1cnnn1)c1ccc(N2CCCCC2)cc1. The van der Waals surface area contributed by atoms with E-state index in [0.717, 1.165) is 13.1 Å². The number of nitrogens with one attached hydrogen (secondary N) is 1. The lowest BCUT2D eigenvalue weighted by molar-refractivity contribution is 0.0952. The third-order valence-corrected chi connectivity index (χ3v) is 3.87. The number of rotatable bonds is 5. The molecule has 116 valence electrons. The largest absolute Gasteiger partial charge is 0.372 e. The van der Waals surface area contributed by atoms with E-state index in [1.807, 2.05) is 24.3 Å². The maximum Gasteiger partial charge on any atom is 0.251 e. The number of hydrogen-bond acceptors (Lipinski definition) is 5. The number of carbonyl (C=O) groups is 1. The molecule has 1 saturated heterocycles.